The highest BCUT2D eigenvalue weighted by atomic mass is 35.5. The summed E-state index contributed by atoms with van der Waals surface area (Å²) in [5.74, 6) is 0.251. The second kappa shape index (κ2) is 9.94. The van der Waals surface area contributed by atoms with Crippen LogP contribution in [-0.4, -0.2) is 52.7 Å². The minimum absolute atomic E-state index is 0. The summed E-state index contributed by atoms with van der Waals surface area (Å²) in [5.41, 5.74) is 5.37. The molecule has 1 unspecified atom stereocenters. The van der Waals surface area contributed by atoms with Gasteiger partial charge in [0, 0.05) is 25.7 Å². The summed E-state index contributed by atoms with van der Waals surface area (Å²) in [6.45, 7) is 6.63. The molecule has 1 rings (SSSR count). The number of nitrogens with zero attached hydrogens (tertiary/aromatic N) is 1. The van der Waals surface area contributed by atoms with Crippen molar-refractivity contribution >= 4 is 34.0 Å². The lowest BCUT2D eigenvalue weighted by molar-refractivity contribution is 0.0900. The summed E-state index contributed by atoms with van der Waals surface area (Å²) in [6, 6.07) is 4.56. The molecule has 6 nitrogen and oxygen atoms in total. The van der Waals surface area contributed by atoms with Gasteiger partial charge in [0.1, 0.15) is 16.7 Å². The molecule has 0 amide bonds. The number of ether oxygens (including phenoxy) is 2. The summed E-state index contributed by atoms with van der Waals surface area (Å²) < 4.78 is 37.9. The molecule has 0 spiro atoms. The number of hydrogen-bond acceptors (Lipinski definition) is 5. The van der Waals surface area contributed by atoms with Gasteiger partial charge in [-0.3, -0.25) is 0 Å². The zero-order valence-corrected chi connectivity index (χ0v) is 17.7. The third-order valence-corrected chi connectivity index (χ3v) is 5.59. The van der Waals surface area contributed by atoms with E-state index in [2.05, 4.69) is 0 Å². The molecule has 0 saturated heterocycles. The van der Waals surface area contributed by atoms with E-state index in [0.29, 0.717) is 18.2 Å². The van der Waals surface area contributed by atoms with Crippen molar-refractivity contribution in [2.45, 2.75) is 31.8 Å². The first-order valence-corrected chi connectivity index (χ1v) is 9.47. The largest absolute Gasteiger partial charge is 0.487 e. The molecule has 2 N–H and O–H groups in total. The molecular formula is C16H28Cl2N2O4S. The Bertz CT molecular complexity index is 654. The van der Waals surface area contributed by atoms with Crippen molar-refractivity contribution in [2.24, 2.45) is 11.1 Å². The second-order valence-electron chi connectivity index (χ2n) is 6.60. The van der Waals surface area contributed by atoms with Crippen LogP contribution in [0.4, 0.5) is 0 Å². The predicted octanol–water partition coefficient (Wildman–Crippen LogP) is 2.78. The predicted molar refractivity (Wildman–Crippen MR) is 103 cm³/mol. The molecule has 1 atom stereocenters. The van der Waals surface area contributed by atoms with Gasteiger partial charge >= 0.3 is 0 Å². The molecule has 0 aliphatic rings. The molecule has 25 heavy (non-hydrogen) atoms. The summed E-state index contributed by atoms with van der Waals surface area (Å²) in [7, 11) is -0.687. The standard InChI is InChI=1S/C16H27ClN2O4S.ClH/c1-12(9-22-5)23-14-7-6-13(17)8-15(14)24(20,21)19(4)11-16(2,3)10-18;/h6-8,12H,9-11,18H2,1-5H3;1H. The van der Waals surface area contributed by atoms with Gasteiger partial charge in [-0.25, -0.2) is 12.7 Å². The fraction of sp³-hybridized carbons (Fsp3) is 0.625. The van der Waals surface area contributed by atoms with Crippen LogP contribution >= 0.6 is 24.0 Å². The SMILES string of the molecule is COCC(C)Oc1ccc(Cl)cc1S(=O)(=O)N(C)CC(C)(C)CN.Cl. The first-order chi connectivity index (χ1) is 11.0. The number of nitrogens with two attached hydrogens (primary N) is 1. The number of halogens is 2. The van der Waals surface area contributed by atoms with Gasteiger partial charge in [-0.15, -0.1) is 12.4 Å². The van der Waals surface area contributed by atoms with Gasteiger partial charge in [-0.05, 0) is 37.1 Å². The fourth-order valence-electron chi connectivity index (χ4n) is 2.19. The number of methoxy groups -OCH3 is 1. The Morgan fingerprint density at radius 2 is 1.96 bits per heavy atom. The van der Waals surface area contributed by atoms with E-state index in [4.69, 9.17) is 26.8 Å². The summed E-state index contributed by atoms with van der Waals surface area (Å²) >= 11 is 6.00. The van der Waals surface area contributed by atoms with Crippen LogP contribution in [0.5, 0.6) is 5.75 Å². The van der Waals surface area contributed by atoms with Crippen molar-refractivity contribution in [1.82, 2.24) is 4.31 Å². The van der Waals surface area contributed by atoms with E-state index >= 15 is 0 Å². The molecule has 0 fully saturated rings. The zero-order chi connectivity index (χ0) is 18.5. The van der Waals surface area contributed by atoms with Crippen molar-refractivity contribution in [1.29, 1.82) is 0 Å². The summed E-state index contributed by atoms with van der Waals surface area (Å²) in [4.78, 5) is 0.0354. The Balaban J connectivity index is 0.00000576. The van der Waals surface area contributed by atoms with E-state index in [9.17, 15) is 8.42 Å². The van der Waals surface area contributed by atoms with E-state index < -0.39 is 10.0 Å². The molecule has 9 heteroatoms. The van der Waals surface area contributed by atoms with Crippen molar-refractivity contribution in [3.63, 3.8) is 0 Å². The zero-order valence-electron chi connectivity index (χ0n) is 15.3. The number of rotatable bonds is 9. The van der Waals surface area contributed by atoms with Crippen LogP contribution in [0.1, 0.15) is 20.8 Å². The van der Waals surface area contributed by atoms with E-state index in [0.717, 1.165) is 0 Å². The highest BCUT2D eigenvalue weighted by Gasteiger charge is 2.30. The van der Waals surface area contributed by atoms with Crippen molar-refractivity contribution < 1.29 is 17.9 Å². The highest BCUT2D eigenvalue weighted by Crippen LogP contribution is 2.31. The fourth-order valence-corrected chi connectivity index (χ4v) is 3.92. The second-order valence-corrected chi connectivity index (χ2v) is 9.05. The van der Waals surface area contributed by atoms with Crippen molar-refractivity contribution in [3.05, 3.63) is 23.2 Å². The molecule has 1 aromatic rings. The molecule has 0 radical (unpaired) electrons. The minimum Gasteiger partial charge on any atom is -0.487 e. The Morgan fingerprint density at radius 1 is 1.36 bits per heavy atom. The maximum absolute atomic E-state index is 13.0. The van der Waals surface area contributed by atoms with E-state index in [-0.39, 0.29) is 41.1 Å². The van der Waals surface area contributed by atoms with Crippen LogP contribution in [0, 0.1) is 5.41 Å². The molecule has 0 saturated carbocycles. The first kappa shape index (κ1) is 24.4. The average Bonchev–Trinajstić information content (AvgIpc) is 2.48. The van der Waals surface area contributed by atoms with Gasteiger partial charge in [0.15, 0.2) is 0 Å². The molecule has 0 aliphatic carbocycles. The van der Waals surface area contributed by atoms with Crippen LogP contribution in [0.15, 0.2) is 23.1 Å². The van der Waals surface area contributed by atoms with Gasteiger partial charge in [0.05, 0.1) is 6.61 Å². The first-order valence-electron chi connectivity index (χ1n) is 7.65. The summed E-state index contributed by atoms with van der Waals surface area (Å²) in [5, 5.41) is 0.326. The smallest absolute Gasteiger partial charge is 0.246 e. The minimum atomic E-state index is -3.77. The molecular weight excluding hydrogens is 387 g/mol. The normalized spacial score (nSPS) is 13.4. The van der Waals surface area contributed by atoms with Crippen LogP contribution < -0.4 is 10.5 Å². The third-order valence-electron chi connectivity index (χ3n) is 3.53. The van der Waals surface area contributed by atoms with E-state index in [1.807, 2.05) is 13.8 Å². The Hall–Kier alpha value is -0.570. The molecule has 1 aromatic carbocycles. The maximum atomic E-state index is 13.0. The third kappa shape index (κ3) is 6.92. The number of benzene rings is 1. The van der Waals surface area contributed by atoms with E-state index in [1.165, 1.54) is 17.4 Å². The van der Waals surface area contributed by atoms with Crippen LogP contribution in [0.2, 0.25) is 5.02 Å². The van der Waals surface area contributed by atoms with Gasteiger partial charge in [-0.1, -0.05) is 25.4 Å². The Kier molecular flexibility index (Phi) is 9.72. The molecule has 0 bridgehead atoms. The number of hydrogen-bond donors (Lipinski definition) is 1. The van der Waals surface area contributed by atoms with Gasteiger partial charge in [-0.2, -0.15) is 0 Å². The quantitative estimate of drug-likeness (QED) is 0.671. The number of sulfonamides is 1. The highest BCUT2D eigenvalue weighted by molar-refractivity contribution is 7.89. The van der Waals surface area contributed by atoms with Gasteiger partial charge in [0.25, 0.3) is 0 Å². The van der Waals surface area contributed by atoms with Crippen molar-refractivity contribution in [3.8, 4) is 5.75 Å². The van der Waals surface area contributed by atoms with Crippen LogP contribution in [0.3, 0.4) is 0 Å². The lowest BCUT2D eigenvalue weighted by Gasteiger charge is -2.29. The van der Waals surface area contributed by atoms with Crippen LogP contribution in [0.25, 0.3) is 0 Å². The van der Waals surface area contributed by atoms with Crippen LogP contribution in [-0.2, 0) is 14.8 Å². The topological polar surface area (TPSA) is 81.9 Å². The molecule has 0 heterocycles. The maximum Gasteiger partial charge on any atom is 0.246 e. The van der Waals surface area contributed by atoms with Gasteiger partial charge in [0.2, 0.25) is 10.0 Å². The Morgan fingerprint density at radius 3 is 2.48 bits per heavy atom. The lowest BCUT2D eigenvalue weighted by Crippen LogP contribution is -2.39. The lowest BCUT2D eigenvalue weighted by atomic mass is 9.94. The monoisotopic (exact) mass is 414 g/mol. The molecule has 0 aliphatic heterocycles. The molecule has 146 valence electrons. The van der Waals surface area contributed by atoms with Gasteiger partial charge < -0.3 is 15.2 Å². The van der Waals surface area contributed by atoms with Crippen molar-refractivity contribution in [2.75, 3.05) is 33.9 Å². The average molecular weight is 415 g/mol. The van der Waals surface area contributed by atoms with E-state index in [1.54, 1.807) is 26.2 Å². The molecule has 0 aromatic heterocycles. The Labute approximate surface area is 162 Å². The summed E-state index contributed by atoms with van der Waals surface area (Å²) in [6.07, 6.45) is -0.295.